The van der Waals surface area contributed by atoms with Crippen molar-refractivity contribution >= 4 is 8.58 Å². The smallest absolute Gasteiger partial charge is 0.0185 e. The van der Waals surface area contributed by atoms with Gasteiger partial charge in [0, 0.05) is 5.78 Å². The molecule has 0 aliphatic carbocycles. The van der Waals surface area contributed by atoms with Crippen molar-refractivity contribution in [2.75, 3.05) is 6.16 Å². The predicted molar refractivity (Wildman–Crippen MR) is 46.4 cm³/mol. The van der Waals surface area contributed by atoms with Gasteiger partial charge in [-0.15, -0.1) is 8.58 Å². The Morgan fingerprint density at radius 3 is 2.56 bits per heavy atom. The molecule has 0 aromatic carbocycles. The van der Waals surface area contributed by atoms with Gasteiger partial charge in [-0.3, -0.25) is 0 Å². The van der Waals surface area contributed by atoms with Crippen LogP contribution in [0.5, 0.6) is 0 Å². The van der Waals surface area contributed by atoms with Crippen LogP contribution in [0.1, 0.15) is 33.1 Å². The second-order valence-electron chi connectivity index (χ2n) is 2.45. The van der Waals surface area contributed by atoms with Crippen molar-refractivity contribution < 1.29 is 0 Å². The lowest BCUT2D eigenvalue weighted by molar-refractivity contribution is 0.775. The Balaban J connectivity index is 2.75. The largest absolute Gasteiger partial charge is 0.325 e. The minimum absolute atomic E-state index is 0.432. The first-order valence-electron chi connectivity index (χ1n) is 3.76. The molecule has 0 aromatic heterocycles. The van der Waals surface area contributed by atoms with E-state index in [9.17, 15) is 0 Å². The van der Waals surface area contributed by atoms with E-state index in [1.165, 1.54) is 25.4 Å². The fourth-order valence-electron chi connectivity index (χ4n) is 0.705. The van der Waals surface area contributed by atoms with E-state index in [-0.39, 0.29) is 0 Å². The topological polar surface area (TPSA) is 26.0 Å². The van der Waals surface area contributed by atoms with E-state index < -0.39 is 0 Å². The summed E-state index contributed by atoms with van der Waals surface area (Å²) in [6, 6.07) is 0. The normalized spacial score (nSPS) is 15.0. The lowest BCUT2D eigenvalue weighted by atomic mass is 10.3. The molecule has 2 atom stereocenters. The lowest BCUT2D eigenvalue weighted by Gasteiger charge is -2.02. The van der Waals surface area contributed by atoms with Crippen molar-refractivity contribution in [3.05, 3.63) is 0 Å². The quantitative estimate of drug-likeness (QED) is 0.468. The first kappa shape index (κ1) is 9.39. The Morgan fingerprint density at radius 2 is 2.11 bits per heavy atom. The number of nitrogens with two attached hydrogens (primary N) is 1. The van der Waals surface area contributed by atoms with Crippen LogP contribution in [0.3, 0.4) is 0 Å². The standard InChI is InChI=1S/C7H18NP/c1-3-4-5-6-9-7(2)8/h7,9H,3-6,8H2,1-2H3. The molecule has 0 aromatic rings. The Morgan fingerprint density at radius 1 is 1.44 bits per heavy atom. The average Bonchev–Trinajstić information content (AvgIpc) is 1.80. The molecule has 0 aliphatic rings. The van der Waals surface area contributed by atoms with Crippen molar-refractivity contribution in [1.82, 2.24) is 0 Å². The molecular formula is C7H18NP. The lowest BCUT2D eigenvalue weighted by Crippen LogP contribution is -2.07. The number of unbranched alkanes of at least 4 members (excludes halogenated alkanes) is 2. The summed E-state index contributed by atoms with van der Waals surface area (Å²) in [5, 5.41) is 0. The number of rotatable bonds is 5. The first-order chi connectivity index (χ1) is 4.27. The average molecular weight is 147 g/mol. The zero-order valence-corrected chi connectivity index (χ0v) is 7.48. The van der Waals surface area contributed by atoms with Crippen molar-refractivity contribution in [1.29, 1.82) is 0 Å². The summed E-state index contributed by atoms with van der Waals surface area (Å²) < 4.78 is 0. The summed E-state index contributed by atoms with van der Waals surface area (Å²) in [4.78, 5) is 0. The first-order valence-corrected chi connectivity index (χ1v) is 5.04. The molecule has 56 valence electrons. The minimum atomic E-state index is 0.432. The van der Waals surface area contributed by atoms with E-state index >= 15 is 0 Å². The Labute approximate surface area is 60.2 Å². The minimum Gasteiger partial charge on any atom is -0.325 e. The highest BCUT2D eigenvalue weighted by Gasteiger charge is 1.91. The molecule has 0 spiro atoms. The third-order valence-electron chi connectivity index (χ3n) is 1.25. The van der Waals surface area contributed by atoms with E-state index in [1.807, 2.05) is 0 Å². The molecule has 0 rings (SSSR count). The van der Waals surface area contributed by atoms with E-state index in [2.05, 4.69) is 13.8 Å². The molecular weight excluding hydrogens is 129 g/mol. The highest BCUT2D eigenvalue weighted by molar-refractivity contribution is 7.38. The Kier molecular flexibility index (Phi) is 6.79. The van der Waals surface area contributed by atoms with Crippen LogP contribution >= 0.6 is 8.58 Å². The molecule has 0 heterocycles. The van der Waals surface area contributed by atoms with Gasteiger partial charge in [0.05, 0.1) is 0 Å². The second-order valence-corrected chi connectivity index (χ2v) is 4.27. The van der Waals surface area contributed by atoms with Crippen LogP contribution in [-0.2, 0) is 0 Å². The molecule has 0 amide bonds. The van der Waals surface area contributed by atoms with Gasteiger partial charge in [0.25, 0.3) is 0 Å². The van der Waals surface area contributed by atoms with E-state index in [1.54, 1.807) is 0 Å². The molecule has 0 radical (unpaired) electrons. The van der Waals surface area contributed by atoms with Gasteiger partial charge in [-0.2, -0.15) is 0 Å². The molecule has 0 aliphatic heterocycles. The molecule has 9 heavy (non-hydrogen) atoms. The van der Waals surface area contributed by atoms with Crippen molar-refractivity contribution in [3.8, 4) is 0 Å². The third-order valence-corrected chi connectivity index (χ3v) is 2.53. The van der Waals surface area contributed by atoms with Gasteiger partial charge in [0.2, 0.25) is 0 Å². The maximum Gasteiger partial charge on any atom is 0.0185 e. The molecule has 2 N–H and O–H groups in total. The van der Waals surface area contributed by atoms with Gasteiger partial charge in [-0.05, 0) is 19.5 Å². The zero-order valence-electron chi connectivity index (χ0n) is 6.48. The maximum absolute atomic E-state index is 5.59. The van der Waals surface area contributed by atoms with Crippen LogP contribution in [0.15, 0.2) is 0 Å². The van der Waals surface area contributed by atoms with Crippen molar-refractivity contribution in [2.24, 2.45) is 5.73 Å². The summed E-state index contributed by atoms with van der Waals surface area (Å²) in [6.45, 7) is 4.32. The van der Waals surface area contributed by atoms with Crippen LogP contribution in [0.2, 0.25) is 0 Å². The number of hydrogen-bond donors (Lipinski definition) is 1. The van der Waals surface area contributed by atoms with Gasteiger partial charge >= 0.3 is 0 Å². The van der Waals surface area contributed by atoms with Crippen LogP contribution < -0.4 is 5.73 Å². The molecule has 0 saturated heterocycles. The van der Waals surface area contributed by atoms with Crippen LogP contribution in [0.4, 0.5) is 0 Å². The van der Waals surface area contributed by atoms with E-state index in [0.717, 1.165) is 8.58 Å². The Hall–Kier alpha value is 0.390. The summed E-state index contributed by atoms with van der Waals surface area (Å²) >= 11 is 0. The van der Waals surface area contributed by atoms with Crippen LogP contribution in [-0.4, -0.2) is 11.9 Å². The maximum atomic E-state index is 5.59. The highest BCUT2D eigenvalue weighted by atomic mass is 31.1. The summed E-state index contributed by atoms with van der Waals surface area (Å²) in [7, 11) is 0.976. The SMILES string of the molecule is CCCCCPC(C)N. The third kappa shape index (κ3) is 8.39. The second kappa shape index (κ2) is 6.51. The molecule has 1 nitrogen and oxygen atoms in total. The summed E-state index contributed by atoms with van der Waals surface area (Å²) in [5.41, 5.74) is 5.59. The van der Waals surface area contributed by atoms with E-state index in [4.69, 9.17) is 5.73 Å². The van der Waals surface area contributed by atoms with Gasteiger partial charge < -0.3 is 5.73 Å². The molecule has 2 unspecified atom stereocenters. The Bertz CT molecular complexity index is 54.9. The van der Waals surface area contributed by atoms with E-state index in [0.29, 0.717) is 5.78 Å². The molecule has 0 bridgehead atoms. The van der Waals surface area contributed by atoms with Gasteiger partial charge in [0.15, 0.2) is 0 Å². The number of hydrogen-bond acceptors (Lipinski definition) is 1. The fourth-order valence-corrected chi connectivity index (χ4v) is 1.61. The molecule has 0 fully saturated rings. The summed E-state index contributed by atoms with van der Waals surface area (Å²) in [5.74, 6) is 0.432. The van der Waals surface area contributed by atoms with Gasteiger partial charge in [0.1, 0.15) is 0 Å². The van der Waals surface area contributed by atoms with Crippen LogP contribution in [0.25, 0.3) is 0 Å². The highest BCUT2D eigenvalue weighted by Crippen LogP contribution is 2.15. The molecule has 2 heteroatoms. The van der Waals surface area contributed by atoms with Gasteiger partial charge in [-0.1, -0.05) is 19.8 Å². The van der Waals surface area contributed by atoms with Gasteiger partial charge in [-0.25, -0.2) is 0 Å². The van der Waals surface area contributed by atoms with Crippen molar-refractivity contribution in [2.45, 2.75) is 38.9 Å². The van der Waals surface area contributed by atoms with Crippen molar-refractivity contribution in [3.63, 3.8) is 0 Å². The zero-order chi connectivity index (χ0) is 7.11. The molecule has 0 saturated carbocycles. The monoisotopic (exact) mass is 147 g/mol. The fraction of sp³-hybridized carbons (Fsp3) is 1.00. The summed E-state index contributed by atoms with van der Waals surface area (Å²) in [6.07, 6.45) is 5.41. The predicted octanol–water partition coefficient (Wildman–Crippen LogP) is 2.16. The van der Waals surface area contributed by atoms with Crippen LogP contribution in [0, 0.1) is 0 Å².